The van der Waals surface area contributed by atoms with Gasteiger partial charge in [-0.15, -0.1) is 11.3 Å². The Hall–Kier alpha value is -2.29. The molecule has 2 aromatic carbocycles. The molecule has 0 fully saturated rings. The minimum Gasteiger partial charge on any atom is -0.360 e. The fourth-order valence-electron chi connectivity index (χ4n) is 2.57. The van der Waals surface area contributed by atoms with Crippen LogP contribution in [0.3, 0.4) is 0 Å². The fraction of sp³-hybridized carbons (Fsp3) is 0. The molecule has 0 aliphatic rings. The summed E-state index contributed by atoms with van der Waals surface area (Å²) in [5, 5.41) is 7.57. The molecule has 2 heterocycles. The van der Waals surface area contributed by atoms with Crippen LogP contribution in [0.2, 0.25) is 0 Å². The van der Waals surface area contributed by atoms with Gasteiger partial charge >= 0.3 is 0 Å². The second kappa shape index (κ2) is 7.75. The molecule has 27 heavy (non-hydrogen) atoms. The van der Waals surface area contributed by atoms with E-state index in [1.54, 1.807) is 11.6 Å². The van der Waals surface area contributed by atoms with Gasteiger partial charge in [0.05, 0.1) is 6.21 Å². The Kier molecular flexibility index (Phi) is 5.20. The van der Waals surface area contributed by atoms with Crippen molar-refractivity contribution in [2.24, 2.45) is 5.10 Å². The van der Waals surface area contributed by atoms with Crippen LogP contribution in [0, 0.1) is 0 Å². The summed E-state index contributed by atoms with van der Waals surface area (Å²) in [6.07, 6.45) is 3.50. The van der Waals surface area contributed by atoms with Crippen molar-refractivity contribution in [2.45, 2.75) is 0 Å². The van der Waals surface area contributed by atoms with Crippen LogP contribution in [-0.4, -0.2) is 22.1 Å². The summed E-state index contributed by atoms with van der Waals surface area (Å²) < 4.78 is 1.90. The standard InChI is InChI=1S/C19H12Br2N4OS/c20-12-5-6-16-13(7-12)14(9-22-16)19-24-17(10-27-19)18(26)25-23-8-11-3-1-2-4-15(11)21/h1-10,22H,(H,25,26)/b23-8+. The minimum atomic E-state index is -0.346. The molecule has 0 atom stereocenters. The van der Waals surface area contributed by atoms with Gasteiger partial charge in [0.25, 0.3) is 5.91 Å². The third-order valence-corrected chi connectivity index (χ3v) is 5.98. The first kappa shape index (κ1) is 18.1. The fourth-order valence-corrected chi connectivity index (χ4v) is 4.15. The largest absolute Gasteiger partial charge is 0.360 e. The van der Waals surface area contributed by atoms with Crippen molar-refractivity contribution in [3.05, 3.63) is 74.2 Å². The van der Waals surface area contributed by atoms with Gasteiger partial charge in [0.15, 0.2) is 0 Å². The van der Waals surface area contributed by atoms with Crippen LogP contribution in [0.1, 0.15) is 16.1 Å². The highest BCUT2D eigenvalue weighted by Crippen LogP contribution is 2.32. The summed E-state index contributed by atoms with van der Waals surface area (Å²) in [6.45, 7) is 0. The molecule has 2 aromatic heterocycles. The van der Waals surface area contributed by atoms with Crippen LogP contribution in [0.5, 0.6) is 0 Å². The number of halogens is 2. The van der Waals surface area contributed by atoms with E-state index < -0.39 is 0 Å². The molecule has 5 nitrogen and oxygen atoms in total. The van der Waals surface area contributed by atoms with Gasteiger partial charge in [0.2, 0.25) is 0 Å². The van der Waals surface area contributed by atoms with E-state index in [0.717, 1.165) is 36.0 Å². The molecule has 4 aromatic rings. The first-order valence-corrected chi connectivity index (χ1v) is 10.4. The zero-order valence-corrected chi connectivity index (χ0v) is 17.7. The van der Waals surface area contributed by atoms with Crippen LogP contribution in [0.15, 0.2) is 68.1 Å². The monoisotopic (exact) mass is 502 g/mol. The summed E-state index contributed by atoms with van der Waals surface area (Å²) in [4.78, 5) is 20.0. The molecule has 2 N–H and O–H groups in total. The van der Waals surface area contributed by atoms with Crippen LogP contribution in [0.25, 0.3) is 21.5 Å². The molecule has 134 valence electrons. The third-order valence-electron chi connectivity index (χ3n) is 3.89. The second-order valence-electron chi connectivity index (χ2n) is 5.65. The lowest BCUT2D eigenvalue weighted by Gasteiger charge is -1.98. The topological polar surface area (TPSA) is 70.1 Å². The third kappa shape index (κ3) is 3.87. The van der Waals surface area contributed by atoms with Gasteiger partial charge < -0.3 is 4.98 Å². The number of carbonyl (C=O) groups is 1. The summed E-state index contributed by atoms with van der Waals surface area (Å²) in [6, 6.07) is 13.6. The Labute approximate surface area is 175 Å². The molecule has 0 aliphatic heterocycles. The number of benzene rings is 2. The van der Waals surface area contributed by atoms with Gasteiger partial charge in [-0.25, -0.2) is 10.4 Å². The first-order valence-electron chi connectivity index (χ1n) is 7.92. The van der Waals surface area contributed by atoms with Crippen molar-refractivity contribution < 1.29 is 4.79 Å². The number of hydrogen-bond acceptors (Lipinski definition) is 4. The Balaban J connectivity index is 1.52. The smallest absolute Gasteiger partial charge is 0.290 e. The first-order chi connectivity index (χ1) is 13.1. The molecule has 0 radical (unpaired) electrons. The van der Waals surface area contributed by atoms with Crippen LogP contribution in [0.4, 0.5) is 0 Å². The molecule has 1 amide bonds. The van der Waals surface area contributed by atoms with E-state index >= 15 is 0 Å². The Bertz CT molecular complexity index is 1170. The SMILES string of the molecule is O=C(N/N=C/c1ccccc1Br)c1csc(-c2c[nH]c3ccc(Br)cc23)n1. The summed E-state index contributed by atoms with van der Waals surface area (Å²) >= 11 is 8.35. The van der Waals surface area contributed by atoms with Crippen molar-refractivity contribution >= 4 is 66.2 Å². The maximum absolute atomic E-state index is 12.3. The van der Waals surface area contributed by atoms with E-state index in [0.29, 0.717) is 5.69 Å². The molecule has 4 rings (SSSR count). The maximum atomic E-state index is 12.3. The quantitative estimate of drug-likeness (QED) is 0.282. The number of carbonyl (C=O) groups excluding carboxylic acids is 1. The average Bonchev–Trinajstić information content (AvgIpc) is 3.29. The lowest BCUT2D eigenvalue weighted by Crippen LogP contribution is -2.17. The number of H-pyrrole nitrogens is 1. The number of thiazole rings is 1. The summed E-state index contributed by atoms with van der Waals surface area (Å²) in [5.74, 6) is -0.346. The predicted octanol–water partition coefficient (Wildman–Crippen LogP) is 5.58. The lowest BCUT2D eigenvalue weighted by molar-refractivity contribution is 0.0951. The number of aromatic amines is 1. The number of nitrogens with zero attached hydrogens (tertiary/aromatic N) is 2. The number of aromatic nitrogens is 2. The number of amides is 1. The van der Waals surface area contributed by atoms with Gasteiger partial charge in [-0.2, -0.15) is 5.10 Å². The van der Waals surface area contributed by atoms with Crippen molar-refractivity contribution in [1.29, 1.82) is 0 Å². The van der Waals surface area contributed by atoms with E-state index in [1.807, 2.05) is 48.7 Å². The predicted molar refractivity (Wildman–Crippen MR) is 116 cm³/mol. The number of nitrogens with one attached hydrogen (secondary N) is 2. The normalized spacial score (nSPS) is 11.3. The highest BCUT2D eigenvalue weighted by atomic mass is 79.9. The van der Waals surface area contributed by atoms with Crippen molar-refractivity contribution in [3.63, 3.8) is 0 Å². The second-order valence-corrected chi connectivity index (χ2v) is 8.28. The zero-order valence-electron chi connectivity index (χ0n) is 13.7. The highest BCUT2D eigenvalue weighted by molar-refractivity contribution is 9.10. The maximum Gasteiger partial charge on any atom is 0.290 e. The number of fused-ring (bicyclic) bond motifs is 1. The zero-order chi connectivity index (χ0) is 18.8. The van der Waals surface area contributed by atoms with E-state index in [-0.39, 0.29) is 5.91 Å². The van der Waals surface area contributed by atoms with E-state index in [1.165, 1.54) is 11.3 Å². The lowest BCUT2D eigenvalue weighted by atomic mass is 10.2. The number of rotatable bonds is 4. The van der Waals surface area contributed by atoms with Crippen LogP contribution < -0.4 is 5.43 Å². The van der Waals surface area contributed by atoms with Crippen LogP contribution in [-0.2, 0) is 0 Å². The molecular weight excluding hydrogens is 492 g/mol. The molecule has 0 saturated heterocycles. The highest BCUT2D eigenvalue weighted by Gasteiger charge is 2.14. The van der Waals surface area contributed by atoms with Crippen molar-refractivity contribution in [2.75, 3.05) is 0 Å². The van der Waals surface area contributed by atoms with Crippen molar-refractivity contribution in [1.82, 2.24) is 15.4 Å². The number of hydrogen-bond donors (Lipinski definition) is 2. The summed E-state index contributed by atoms with van der Waals surface area (Å²) in [7, 11) is 0. The molecule has 0 spiro atoms. The Morgan fingerprint density at radius 3 is 2.93 bits per heavy atom. The summed E-state index contributed by atoms with van der Waals surface area (Å²) in [5.41, 5.74) is 5.72. The van der Waals surface area contributed by atoms with Crippen molar-refractivity contribution in [3.8, 4) is 10.6 Å². The van der Waals surface area contributed by atoms with Gasteiger partial charge in [-0.3, -0.25) is 4.79 Å². The molecule has 0 unspecified atom stereocenters. The molecule has 8 heteroatoms. The van der Waals surface area contributed by atoms with E-state index in [4.69, 9.17) is 0 Å². The Morgan fingerprint density at radius 1 is 1.22 bits per heavy atom. The molecular formula is C19H12Br2N4OS. The number of hydrazone groups is 1. The minimum absolute atomic E-state index is 0.337. The molecule has 0 aliphatic carbocycles. The van der Waals surface area contributed by atoms with Gasteiger partial charge in [0, 0.05) is 42.6 Å². The molecule has 0 saturated carbocycles. The van der Waals surface area contributed by atoms with E-state index in [2.05, 4.69) is 52.4 Å². The van der Waals surface area contributed by atoms with E-state index in [9.17, 15) is 4.79 Å². The van der Waals surface area contributed by atoms with Gasteiger partial charge in [-0.05, 0) is 24.3 Å². The Morgan fingerprint density at radius 2 is 2.07 bits per heavy atom. The van der Waals surface area contributed by atoms with Gasteiger partial charge in [0.1, 0.15) is 10.7 Å². The average molecular weight is 504 g/mol. The van der Waals surface area contributed by atoms with Gasteiger partial charge in [-0.1, -0.05) is 50.1 Å². The van der Waals surface area contributed by atoms with Crippen LogP contribution >= 0.6 is 43.2 Å². The molecule has 0 bridgehead atoms.